The van der Waals surface area contributed by atoms with Gasteiger partial charge in [0.15, 0.2) is 0 Å². The summed E-state index contributed by atoms with van der Waals surface area (Å²) in [5.41, 5.74) is 26.5. The highest BCUT2D eigenvalue weighted by molar-refractivity contribution is 5.96. The Balaban J connectivity index is 1.72. The van der Waals surface area contributed by atoms with Crippen molar-refractivity contribution in [1.29, 1.82) is 0 Å². The van der Waals surface area contributed by atoms with E-state index in [4.69, 9.17) is 15.0 Å². The first-order chi connectivity index (χ1) is 23.8. The Morgan fingerprint density at radius 2 is 0.431 bits per heavy atom. The average Bonchev–Trinajstić information content (AvgIpc) is 3.64. The van der Waals surface area contributed by atoms with E-state index in [0.717, 1.165) is 17.1 Å². The molecule has 0 aliphatic heterocycles. The second-order valence-corrected chi connectivity index (χ2v) is 15.5. The molecule has 0 radical (unpaired) electrons. The number of hydrogen-bond donors (Lipinski definition) is 0. The van der Waals surface area contributed by atoms with Crippen LogP contribution in [0, 0.1) is 125 Å². The van der Waals surface area contributed by atoms with Crippen molar-refractivity contribution < 1.29 is 0 Å². The summed E-state index contributed by atoms with van der Waals surface area (Å²) in [6, 6.07) is 0. The number of fused-ring (bicyclic) bond motifs is 3. The van der Waals surface area contributed by atoms with Crippen molar-refractivity contribution in [3.8, 4) is 17.8 Å². The van der Waals surface area contributed by atoms with Crippen LogP contribution >= 0.6 is 0 Å². The van der Waals surface area contributed by atoms with Crippen molar-refractivity contribution in [3.63, 3.8) is 0 Å². The lowest BCUT2D eigenvalue weighted by Gasteiger charge is -2.18. The van der Waals surface area contributed by atoms with Crippen LogP contribution in [0.5, 0.6) is 0 Å². The molecule has 0 unspecified atom stereocenters. The van der Waals surface area contributed by atoms with Gasteiger partial charge < -0.3 is 0 Å². The molecule has 0 amide bonds. The summed E-state index contributed by atoms with van der Waals surface area (Å²) in [5.74, 6) is 1.93. The van der Waals surface area contributed by atoms with Gasteiger partial charge in [0.1, 0.15) is 0 Å². The molecule has 7 aromatic rings. The molecule has 7 rings (SSSR count). The van der Waals surface area contributed by atoms with Crippen molar-refractivity contribution in [1.82, 2.24) is 28.7 Å². The van der Waals surface area contributed by atoms with E-state index in [2.05, 4.69) is 138 Å². The van der Waals surface area contributed by atoms with Crippen molar-refractivity contribution in [2.45, 2.75) is 125 Å². The highest BCUT2D eigenvalue weighted by Crippen LogP contribution is 2.40. The van der Waals surface area contributed by atoms with Gasteiger partial charge >= 0.3 is 0 Å². The lowest BCUT2D eigenvalue weighted by Crippen LogP contribution is -2.16. The highest BCUT2D eigenvalue weighted by Gasteiger charge is 2.27. The van der Waals surface area contributed by atoms with E-state index in [0.29, 0.717) is 17.8 Å². The van der Waals surface area contributed by atoms with Crippen LogP contribution in [0.4, 0.5) is 0 Å². The van der Waals surface area contributed by atoms with E-state index in [1.54, 1.807) is 0 Å². The lowest BCUT2D eigenvalue weighted by molar-refractivity contribution is 0.797. The SMILES string of the molecule is Cc1c(C)c(C)c2c(c1C)c(C)c(C)n2-c1nc(-n2c(C)c(C)c3c(C)c(C)c(C)c(C)c32)nc(-n2c(C)c(C)c3c(C)c(C)c(C)c(C)c32)n1. The molecule has 0 saturated carbocycles. The zero-order valence-corrected chi connectivity index (χ0v) is 34.2. The Hall–Kier alpha value is -4.71. The maximum absolute atomic E-state index is 5.47. The Morgan fingerprint density at radius 3 is 0.647 bits per heavy atom. The molecule has 0 aliphatic rings. The zero-order valence-electron chi connectivity index (χ0n) is 34.2. The number of nitrogens with zero attached hydrogens (tertiary/aromatic N) is 6. The molecule has 4 aromatic heterocycles. The van der Waals surface area contributed by atoms with Crippen LogP contribution in [0.15, 0.2) is 0 Å². The molecule has 0 fully saturated rings. The number of benzene rings is 3. The maximum Gasteiger partial charge on any atom is 0.241 e. The van der Waals surface area contributed by atoms with Crippen LogP contribution in [-0.4, -0.2) is 28.7 Å². The molecule has 3 aromatic carbocycles. The molecule has 0 atom stereocenters. The summed E-state index contributed by atoms with van der Waals surface area (Å²) in [7, 11) is 0. The van der Waals surface area contributed by atoms with Crippen molar-refractivity contribution in [2.75, 3.05) is 0 Å². The number of aryl methyl sites for hydroxylation is 9. The van der Waals surface area contributed by atoms with Gasteiger partial charge in [-0.3, -0.25) is 13.7 Å². The van der Waals surface area contributed by atoms with Crippen LogP contribution in [0.1, 0.15) is 101 Å². The Kier molecular flexibility index (Phi) is 7.76. The standard InChI is InChI=1S/C45H54N6/c1-19-22(4)28(10)40-37(25(19)7)31(13)34(16)49(40)43-46-44(50-35(17)32(14)38-26(8)20(2)23(5)29(11)41(38)50)48-45(47-43)51-36(18)33(15)39-27(9)21(3)24(6)30(12)42(39)51/h1-18H3. The Labute approximate surface area is 303 Å². The first-order valence-electron chi connectivity index (χ1n) is 18.4. The van der Waals surface area contributed by atoms with Gasteiger partial charge in [0.05, 0.1) is 16.6 Å². The molecule has 6 heteroatoms. The fourth-order valence-corrected chi connectivity index (χ4v) is 9.04. The van der Waals surface area contributed by atoms with Gasteiger partial charge in [0.25, 0.3) is 0 Å². The molecule has 0 bridgehead atoms. The topological polar surface area (TPSA) is 53.5 Å². The summed E-state index contributed by atoms with van der Waals surface area (Å²) in [5, 5.41) is 3.89. The largest absolute Gasteiger partial charge is 0.282 e. The minimum atomic E-state index is 0.644. The smallest absolute Gasteiger partial charge is 0.241 e. The summed E-state index contributed by atoms with van der Waals surface area (Å²) >= 11 is 0. The second kappa shape index (κ2) is 11.4. The van der Waals surface area contributed by atoms with Crippen LogP contribution in [0.3, 0.4) is 0 Å². The quantitative estimate of drug-likeness (QED) is 0.187. The van der Waals surface area contributed by atoms with Crippen molar-refractivity contribution in [2.24, 2.45) is 0 Å². The van der Waals surface area contributed by atoms with E-state index >= 15 is 0 Å². The number of hydrogen-bond acceptors (Lipinski definition) is 3. The zero-order chi connectivity index (χ0) is 37.4. The molecule has 4 heterocycles. The lowest BCUT2D eigenvalue weighted by atomic mass is 9.94. The van der Waals surface area contributed by atoms with Gasteiger partial charge in [0, 0.05) is 33.2 Å². The molecule has 6 nitrogen and oxygen atoms in total. The average molecular weight is 679 g/mol. The first-order valence-corrected chi connectivity index (χ1v) is 18.4. The normalized spacial score (nSPS) is 12.1. The molecule has 51 heavy (non-hydrogen) atoms. The van der Waals surface area contributed by atoms with Gasteiger partial charge in [-0.1, -0.05) is 0 Å². The fraction of sp³-hybridized carbons (Fsp3) is 0.400. The van der Waals surface area contributed by atoms with Gasteiger partial charge in [0.2, 0.25) is 17.8 Å². The van der Waals surface area contributed by atoms with Gasteiger partial charge in [-0.25, -0.2) is 0 Å². The van der Waals surface area contributed by atoms with E-state index in [1.807, 2.05) is 0 Å². The maximum atomic E-state index is 5.47. The fourth-order valence-electron chi connectivity index (χ4n) is 9.04. The van der Waals surface area contributed by atoms with E-state index in [9.17, 15) is 0 Å². The molecule has 0 N–H and O–H groups in total. The molecule has 0 saturated heterocycles. The minimum absolute atomic E-state index is 0.644. The second-order valence-electron chi connectivity index (χ2n) is 15.5. The van der Waals surface area contributed by atoms with Gasteiger partial charge in [-0.2, -0.15) is 15.0 Å². The molecular formula is C45H54N6. The third kappa shape index (κ3) is 4.37. The molecule has 264 valence electrons. The van der Waals surface area contributed by atoms with Crippen molar-refractivity contribution in [3.05, 3.63) is 101 Å². The van der Waals surface area contributed by atoms with Gasteiger partial charge in [-0.15, -0.1) is 0 Å². The van der Waals surface area contributed by atoms with E-state index < -0.39 is 0 Å². The minimum Gasteiger partial charge on any atom is -0.282 e. The van der Waals surface area contributed by atoms with Crippen LogP contribution < -0.4 is 0 Å². The van der Waals surface area contributed by atoms with Crippen LogP contribution in [-0.2, 0) is 0 Å². The number of aromatic nitrogens is 6. The summed E-state index contributed by atoms with van der Waals surface area (Å²) in [4.78, 5) is 16.4. The summed E-state index contributed by atoms with van der Waals surface area (Å²) in [6.07, 6.45) is 0. The monoisotopic (exact) mass is 678 g/mol. The molecule has 0 spiro atoms. The van der Waals surface area contributed by atoms with Crippen molar-refractivity contribution >= 4 is 32.7 Å². The Bertz CT molecular complexity index is 2400. The summed E-state index contributed by atoms with van der Waals surface area (Å²) in [6.45, 7) is 40.3. The molecule has 0 aliphatic carbocycles. The van der Waals surface area contributed by atoms with E-state index in [-0.39, 0.29) is 0 Å². The third-order valence-corrected chi connectivity index (χ3v) is 13.6. The first kappa shape index (κ1) is 34.7. The van der Waals surface area contributed by atoms with Crippen LogP contribution in [0.25, 0.3) is 50.6 Å². The van der Waals surface area contributed by atoms with Gasteiger partial charge in [-0.05, 0) is 208 Å². The number of rotatable bonds is 3. The Morgan fingerprint density at radius 1 is 0.235 bits per heavy atom. The molecular weight excluding hydrogens is 625 g/mol. The predicted octanol–water partition coefficient (Wildman–Crippen LogP) is 11.3. The van der Waals surface area contributed by atoms with Crippen LogP contribution in [0.2, 0.25) is 0 Å². The summed E-state index contributed by atoms with van der Waals surface area (Å²) < 4.78 is 6.91. The third-order valence-electron chi connectivity index (χ3n) is 13.6. The highest BCUT2D eigenvalue weighted by atomic mass is 15.3. The predicted molar refractivity (Wildman–Crippen MR) is 216 cm³/mol. The van der Waals surface area contributed by atoms with E-state index in [1.165, 1.54) is 116 Å².